The zero-order valence-electron chi connectivity index (χ0n) is 12.0. The van der Waals surface area contributed by atoms with E-state index < -0.39 is 15.8 Å². The summed E-state index contributed by atoms with van der Waals surface area (Å²) in [6.07, 6.45) is 2.00. The van der Waals surface area contributed by atoms with E-state index in [1.165, 1.54) is 12.1 Å². The number of hydrogen-bond acceptors (Lipinski definition) is 4. The van der Waals surface area contributed by atoms with Crippen molar-refractivity contribution in [2.45, 2.75) is 37.3 Å². The molecule has 1 saturated heterocycles. The number of aliphatic hydroxyl groups is 1. The zero-order chi connectivity index (χ0) is 15.5. The van der Waals surface area contributed by atoms with Gasteiger partial charge in [0.25, 0.3) is 0 Å². The number of likely N-dealkylation sites (tertiary alicyclic amines) is 1. The standard InChI is InChI=1S/C14H21FN2O3S/c1-2-17-7-3-4-12(17)9-16-21(19,20)14-6-5-11(10-18)8-13(14)15/h5-6,8,12,16,18H,2-4,7,9-10H2,1H3. The molecule has 0 aromatic heterocycles. The fourth-order valence-corrected chi connectivity index (χ4v) is 3.82. The molecule has 7 heteroatoms. The summed E-state index contributed by atoms with van der Waals surface area (Å²) in [5.41, 5.74) is 0.347. The van der Waals surface area contributed by atoms with Crippen molar-refractivity contribution >= 4 is 10.0 Å². The fourth-order valence-electron chi connectivity index (χ4n) is 2.69. The summed E-state index contributed by atoms with van der Waals surface area (Å²) in [5.74, 6) is -0.840. The second kappa shape index (κ2) is 6.83. The Hall–Kier alpha value is -1.02. The van der Waals surface area contributed by atoms with Crippen LogP contribution in [-0.4, -0.2) is 44.1 Å². The van der Waals surface area contributed by atoms with E-state index in [9.17, 15) is 12.8 Å². The van der Waals surface area contributed by atoms with Crippen LogP contribution in [0.2, 0.25) is 0 Å². The molecule has 1 unspecified atom stereocenters. The molecule has 5 nitrogen and oxygen atoms in total. The first-order chi connectivity index (χ1) is 9.97. The van der Waals surface area contributed by atoms with Crippen molar-refractivity contribution in [3.8, 4) is 0 Å². The largest absolute Gasteiger partial charge is 0.392 e. The highest BCUT2D eigenvalue weighted by Crippen LogP contribution is 2.19. The number of halogens is 1. The summed E-state index contributed by atoms with van der Waals surface area (Å²) in [6, 6.07) is 3.81. The Morgan fingerprint density at radius 3 is 2.86 bits per heavy atom. The number of sulfonamides is 1. The zero-order valence-corrected chi connectivity index (χ0v) is 12.9. The molecule has 1 aromatic rings. The summed E-state index contributed by atoms with van der Waals surface area (Å²) in [6.45, 7) is 3.87. The summed E-state index contributed by atoms with van der Waals surface area (Å²) < 4.78 is 40.7. The second-order valence-electron chi connectivity index (χ2n) is 5.20. The molecule has 1 aromatic carbocycles. The number of aliphatic hydroxyl groups excluding tert-OH is 1. The van der Waals surface area contributed by atoms with Crippen molar-refractivity contribution in [3.05, 3.63) is 29.6 Å². The summed E-state index contributed by atoms with van der Waals surface area (Å²) in [5, 5.41) is 8.92. The molecule has 1 atom stereocenters. The van der Waals surface area contributed by atoms with Crippen molar-refractivity contribution in [2.75, 3.05) is 19.6 Å². The van der Waals surface area contributed by atoms with Crippen LogP contribution in [0.1, 0.15) is 25.3 Å². The van der Waals surface area contributed by atoms with Crippen LogP contribution in [0, 0.1) is 5.82 Å². The highest BCUT2D eigenvalue weighted by molar-refractivity contribution is 7.89. The normalized spacial score (nSPS) is 20.0. The molecule has 0 bridgehead atoms. The van der Waals surface area contributed by atoms with E-state index in [2.05, 4.69) is 9.62 Å². The first-order valence-corrected chi connectivity index (χ1v) is 8.59. The van der Waals surface area contributed by atoms with Crippen LogP contribution >= 0.6 is 0 Å². The van der Waals surface area contributed by atoms with Crippen LogP contribution in [-0.2, 0) is 16.6 Å². The maximum atomic E-state index is 13.8. The Morgan fingerprint density at radius 1 is 1.48 bits per heavy atom. The number of nitrogens with one attached hydrogen (secondary N) is 1. The fraction of sp³-hybridized carbons (Fsp3) is 0.571. The summed E-state index contributed by atoms with van der Waals surface area (Å²) >= 11 is 0. The Morgan fingerprint density at radius 2 is 2.24 bits per heavy atom. The van der Waals surface area contributed by atoms with Gasteiger partial charge in [0.15, 0.2) is 0 Å². The molecule has 1 heterocycles. The van der Waals surface area contributed by atoms with Gasteiger partial charge in [-0.3, -0.25) is 4.90 Å². The van der Waals surface area contributed by atoms with Gasteiger partial charge in [-0.05, 0) is 43.6 Å². The Balaban J connectivity index is 2.08. The predicted octanol–water partition coefficient (Wildman–Crippen LogP) is 1.08. The average Bonchev–Trinajstić information content (AvgIpc) is 2.92. The third-order valence-electron chi connectivity index (χ3n) is 3.88. The van der Waals surface area contributed by atoms with Crippen LogP contribution in [0.3, 0.4) is 0 Å². The summed E-state index contributed by atoms with van der Waals surface area (Å²) in [7, 11) is -3.87. The Bertz CT molecular complexity index is 592. The Labute approximate surface area is 124 Å². The lowest BCUT2D eigenvalue weighted by molar-refractivity contribution is 0.268. The minimum atomic E-state index is -3.87. The molecule has 2 N–H and O–H groups in total. The number of likely N-dealkylation sites (N-methyl/N-ethyl adjacent to an activating group) is 1. The highest BCUT2D eigenvalue weighted by Gasteiger charge is 2.26. The lowest BCUT2D eigenvalue weighted by atomic mass is 10.2. The summed E-state index contributed by atoms with van der Waals surface area (Å²) in [4.78, 5) is 1.84. The monoisotopic (exact) mass is 316 g/mol. The minimum absolute atomic E-state index is 0.171. The number of nitrogens with zero attached hydrogens (tertiary/aromatic N) is 1. The molecule has 1 aliphatic rings. The van der Waals surface area contributed by atoms with Gasteiger partial charge in [-0.2, -0.15) is 0 Å². The molecular formula is C14H21FN2O3S. The van der Waals surface area contributed by atoms with Gasteiger partial charge in [0, 0.05) is 12.6 Å². The first kappa shape index (κ1) is 16.4. The van der Waals surface area contributed by atoms with Crippen molar-refractivity contribution in [2.24, 2.45) is 0 Å². The van der Waals surface area contributed by atoms with Gasteiger partial charge in [-0.1, -0.05) is 13.0 Å². The topological polar surface area (TPSA) is 69.6 Å². The number of benzene rings is 1. The van der Waals surface area contributed by atoms with Crippen molar-refractivity contribution < 1.29 is 17.9 Å². The molecule has 1 aliphatic heterocycles. The number of rotatable bonds is 6. The van der Waals surface area contributed by atoms with E-state index in [1.807, 2.05) is 6.92 Å². The van der Waals surface area contributed by atoms with Crippen molar-refractivity contribution in [1.82, 2.24) is 9.62 Å². The van der Waals surface area contributed by atoms with E-state index in [-0.39, 0.29) is 24.1 Å². The molecule has 0 saturated carbocycles. The Kier molecular flexibility index (Phi) is 5.32. The maximum absolute atomic E-state index is 13.8. The molecule has 2 rings (SSSR count). The van der Waals surface area contributed by atoms with E-state index in [0.29, 0.717) is 5.56 Å². The van der Waals surface area contributed by atoms with E-state index in [0.717, 1.165) is 32.0 Å². The van der Waals surface area contributed by atoms with Gasteiger partial charge in [0.1, 0.15) is 10.7 Å². The van der Waals surface area contributed by atoms with Crippen molar-refractivity contribution in [1.29, 1.82) is 0 Å². The van der Waals surface area contributed by atoms with Crippen LogP contribution in [0.4, 0.5) is 4.39 Å². The van der Waals surface area contributed by atoms with Crippen LogP contribution in [0.25, 0.3) is 0 Å². The molecule has 0 spiro atoms. The smallest absolute Gasteiger partial charge is 0.243 e. The first-order valence-electron chi connectivity index (χ1n) is 7.11. The average molecular weight is 316 g/mol. The molecule has 0 amide bonds. The van der Waals surface area contributed by atoms with Gasteiger partial charge in [-0.25, -0.2) is 17.5 Å². The van der Waals surface area contributed by atoms with Gasteiger partial charge in [-0.15, -0.1) is 0 Å². The molecule has 21 heavy (non-hydrogen) atoms. The lowest BCUT2D eigenvalue weighted by Gasteiger charge is -2.22. The van der Waals surface area contributed by atoms with Gasteiger partial charge in [0.2, 0.25) is 10.0 Å². The maximum Gasteiger partial charge on any atom is 0.243 e. The molecule has 118 valence electrons. The van der Waals surface area contributed by atoms with Gasteiger partial charge < -0.3 is 5.11 Å². The van der Waals surface area contributed by atoms with E-state index in [1.54, 1.807) is 0 Å². The lowest BCUT2D eigenvalue weighted by Crippen LogP contribution is -2.40. The van der Waals surface area contributed by atoms with Crippen molar-refractivity contribution in [3.63, 3.8) is 0 Å². The molecule has 1 fully saturated rings. The third kappa shape index (κ3) is 3.79. The molecular weight excluding hydrogens is 295 g/mol. The molecule has 0 radical (unpaired) electrons. The van der Waals surface area contributed by atoms with Gasteiger partial charge >= 0.3 is 0 Å². The van der Waals surface area contributed by atoms with Crippen LogP contribution in [0.5, 0.6) is 0 Å². The second-order valence-corrected chi connectivity index (χ2v) is 6.93. The SMILES string of the molecule is CCN1CCCC1CNS(=O)(=O)c1ccc(CO)cc1F. The predicted molar refractivity (Wildman–Crippen MR) is 77.8 cm³/mol. The van der Waals surface area contributed by atoms with E-state index >= 15 is 0 Å². The minimum Gasteiger partial charge on any atom is -0.392 e. The number of hydrogen-bond donors (Lipinski definition) is 2. The van der Waals surface area contributed by atoms with E-state index in [4.69, 9.17) is 5.11 Å². The third-order valence-corrected chi connectivity index (χ3v) is 5.34. The van der Waals surface area contributed by atoms with Gasteiger partial charge in [0.05, 0.1) is 6.61 Å². The molecule has 0 aliphatic carbocycles. The highest BCUT2D eigenvalue weighted by atomic mass is 32.2. The van der Waals surface area contributed by atoms with Crippen LogP contribution in [0.15, 0.2) is 23.1 Å². The van der Waals surface area contributed by atoms with Crippen LogP contribution < -0.4 is 4.72 Å². The quantitative estimate of drug-likeness (QED) is 0.824.